The van der Waals surface area contributed by atoms with Crippen LogP contribution in [-0.2, 0) is 23.9 Å². The summed E-state index contributed by atoms with van der Waals surface area (Å²) in [6.07, 6.45) is 1.10. The lowest BCUT2D eigenvalue weighted by Gasteiger charge is -2.33. The molecule has 0 saturated carbocycles. The van der Waals surface area contributed by atoms with Crippen LogP contribution >= 0.6 is 0 Å². The lowest BCUT2D eigenvalue weighted by Crippen LogP contribution is -2.42. The molecule has 1 aromatic carbocycles. The molecular weight excluding hydrogens is 481 g/mol. The van der Waals surface area contributed by atoms with Gasteiger partial charge in [0.15, 0.2) is 11.8 Å². The quantitative estimate of drug-likeness (QED) is 0.261. The molecule has 0 bridgehead atoms. The molecule has 0 aliphatic rings. The fraction of sp³-hybridized carbons (Fsp3) is 0.679. The van der Waals surface area contributed by atoms with Gasteiger partial charge in [-0.05, 0) is 77.0 Å². The van der Waals surface area contributed by atoms with Gasteiger partial charge >= 0.3 is 11.9 Å². The molecule has 37 heavy (non-hydrogen) atoms. The van der Waals surface area contributed by atoms with Crippen LogP contribution in [0.5, 0.6) is 0 Å². The Morgan fingerprint density at radius 2 is 1.59 bits per heavy atom. The summed E-state index contributed by atoms with van der Waals surface area (Å²) in [6, 6.07) is 3.79. The predicted octanol–water partition coefficient (Wildman–Crippen LogP) is 4.95. The molecule has 8 nitrogen and oxygen atoms in total. The second-order valence-electron chi connectivity index (χ2n) is 11.5. The molecule has 0 fully saturated rings. The van der Waals surface area contributed by atoms with Gasteiger partial charge in [-0.2, -0.15) is 0 Å². The van der Waals surface area contributed by atoms with Gasteiger partial charge in [0.05, 0.1) is 6.61 Å². The fourth-order valence-corrected chi connectivity index (χ4v) is 4.03. The number of carbonyl (C=O) groups is 3. The Labute approximate surface area is 220 Å². The van der Waals surface area contributed by atoms with Crippen molar-refractivity contribution in [1.82, 2.24) is 4.90 Å². The van der Waals surface area contributed by atoms with Crippen molar-refractivity contribution in [3.8, 4) is 0 Å². The number of aliphatic carboxylic acids is 1. The van der Waals surface area contributed by atoms with Crippen molar-refractivity contribution in [2.24, 2.45) is 17.8 Å². The Morgan fingerprint density at radius 1 is 1.03 bits per heavy atom. The molecule has 0 aromatic heterocycles. The standard InChI is InChI=1S/C28H44FNO7/c1-18(2)25(32)30(24(26(33)34)21-9-11-22(29)12-10-21)14-13-20(17-36-28(7,8)35)15-19(3)16-23(31)37-27(4,5)6/h9-12,18-20,24,35H,13-17H2,1-8H3,(H,33,34)/t19-,20?,24?/m1/s1. The van der Waals surface area contributed by atoms with Crippen molar-refractivity contribution in [2.45, 2.75) is 92.1 Å². The summed E-state index contributed by atoms with van der Waals surface area (Å²) < 4.78 is 24.5. The van der Waals surface area contributed by atoms with Crippen LogP contribution in [0, 0.1) is 23.6 Å². The third-order valence-corrected chi connectivity index (χ3v) is 5.63. The number of amides is 1. The molecule has 2 unspecified atom stereocenters. The number of nitrogens with zero attached hydrogens (tertiary/aromatic N) is 1. The first-order valence-corrected chi connectivity index (χ1v) is 12.8. The van der Waals surface area contributed by atoms with E-state index in [0.717, 1.165) is 0 Å². The molecule has 0 radical (unpaired) electrons. The molecule has 0 aliphatic carbocycles. The van der Waals surface area contributed by atoms with Crippen molar-refractivity contribution in [3.63, 3.8) is 0 Å². The van der Waals surface area contributed by atoms with E-state index in [-0.39, 0.29) is 43.3 Å². The van der Waals surface area contributed by atoms with E-state index >= 15 is 0 Å². The van der Waals surface area contributed by atoms with Crippen LogP contribution in [-0.4, -0.2) is 57.5 Å². The molecule has 3 atom stereocenters. The van der Waals surface area contributed by atoms with Crippen molar-refractivity contribution < 1.29 is 38.5 Å². The lowest BCUT2D eigenvalue weighted by molar-refractivity contribution is -0.185. The van der Waals surface area contributed by atoms with Gasteiger partial charge in [0.1, 0.15) is 11.4 Å². The Bertz CT molecular complexity index is 887. The largest absolute Gasteiger partial charge is 0.479 e. The number of ether oxygens (including phenoxy) is 2. The van der Waals surface area contributed by atoms with Gasteiger partial charge in [-0.3, -0.25) is 9.59 Å². The number of hydrogen-bond donors (Lipinski definition) is 2. The maximum atomic E-state index is 13.5. The number of aliphatic hydroxyl groups is 1. The number of benzene rings is 1. The highest BCUT2D eigenvalue weighted by molar-refractivity contribution is 5.85. The summed E-state index contributed by atoms with van der Waals surface area (Å²) in [5.41, 5.74) is -0.296. The molecule has 9 heteroatoms. The Morgan fingerprint density at radius 3 is 2.05 bits per heavy atom. The van der Waals surface area contributed by atoms with E-state index in [9.17, 15) is 29.0 Å². The molecule has 210 valence electrons. The number of carboxylic acid groups (broad SMARTS) is 1. The van der Waals surface area contributed by atoms with Gasteiger partial charge in [-0.1, -0.05) is 32.9 Å². The summed E-state index contributed by atoms with van der Waals surface area (Å²) in [5.74, 6) is -4.49. The zero-order valence-electron chi connectivity index (χ0n) is 23.4. The molecule has 0 aliphatic heterocycles. The van der Waals surface area contributed by atoms with Gasteiger partial charge in [-0.25, -0.2) is 9.18 Å². The van der Waals surface area contributed by atoms with Crippen molar-refractivity contribution >= 4 is 17.8 Å². The topological polar surface area (TPSA) is 113 Å². The summed E-state index contributed by atoms with van der Waals surface area (Å²) in [6.45, 7) is 14.0. The van der Waals surface area contributed by atoms with Crippen molar-refractivity contribution in [2.75, 3.05) is 13.2 Å². The normalized spacial score (nSPS) is 14.7. The number of rotatable bonds is 14. The maximum absolute atomic E-state index is 13.5. The summed E-state index contributed by atoms with van der Waals surface area (Å²) in [5, 5.41) is 20.1. The fourth-order valence-electron chi connectivity index (χ4n) is 4.03. The minimum atomic E-state index is -1.38. The van der Waals surface area contributed by atoms with Crippen LogP contribution in [0.25, 0.3) is 0 Å². The predicted molar refractivity (Wildman–Crippen MR) is 138 cm³/mol. The minimum Gasteiger partial charge on any atom is -0.479 e. The Hall–Kier alpha value is -2.52. The second-order valence-corrected chi connectivity index (χ2v) is 11.5. The van der Waals surface area contributed by atoms with Gasteiger partial charge in [0, 0.05) is 18.9 Å². The zero-order chi connectivity index (χ0) is 28.6. The number of halogens is 1. The molecule has 0 saturated heterocycles. The number of hydrogen-bond acceptors (Lipinski definition) is 6. The van der Waals surface area contributed by atoms with Crippen LogP contribution in [0.2, 0.25) is 0 Å². The van der Waals surface area contributed by atoms with E-state index in [1.165, 1.54) is 43.0 Å². The second kappa shape index (κ2) is 13.9. The van der Waals surface area contributed by atoms with Gasteiger partial charge < -0.3 is 24.6 Å². The van der Waals surface area contributed by atoms with E-state index in [1.54, 1.807) is 34.6 Å². The molecule has 2 N–H and O–H groups in total. The van der Waals surface area contributed by atoms with Crippen LogP contribution < -0.4 is 0 Å². The maximum Gasteiger partial charge on any atom is 0.331 e. The first-order chi connectivity index (χ1) is 16.9. The van der Waals surface area contributed by atoms with E-state index in [2.05, 4.69) is 0 Å². The average molecular weight is 526 g/mol. The molecule has 1 aromatic rings. The summed E-state index contributed by atoms with van der Waals surface area (Å²) in [7, 11) is 0. The van der Waals surface area contributed by atoms with Gasteiger partial charge in [-0.15, -0.1) is 0 Å². The first kappa shape index (κ1) is 32.5. The first-order valence-electron chi connectivity index (χ1n) is 12.8. The average Bonchev–Trinajstić information content (AvgIpc) is 2.72. The Balaban J connectivity index is 3.13. The van der Waals surface area contributed by atoms with Crippen LogP contribution in [0.4, 0.5) is 4.39 Å². The molecule has 0 heterocycles. The van der Waals surface area contributed by atoms with Gasteiger partial charge in [0.2, 0.25) is 5.91 Å². The monoisotopic (exact) mass is 525 g/mol. The molecule has 1 rings (SSSR count). The SMILES string of the molecule is CC(C)C(=O)N(CCC(COC(C)(C)O)C[C@@H](C)CC(=O)OC(C)(C)C)C(C(=O)O)c1ccc(F)cc1. The van der Waals surface area contributed by atoms with E-state index in [1.807, 2.05) is 6.92 Å². The van der Waals surface area contributed by atoms with Crippen LogP contribution in [0.15, 0.2) is 24.3 Å². The van der Waals surface area contributed by atoms with E-state index in [4.69, 9.17) is 9.47 Å². The lowest BCUT2D eigenvalue weighted by atomic mass is 9.90. The Kier molecular flexibility index (Phi) is 12.2. The number of carboxylic acids is 1. The highest BCUT2D eigenvalue weighted by Gasteiger charge is 2.33. The molecular formula is C28H44FNO7. The van der Waals surface area contributed by atoms with E-state index in [0.29, 0.717) is 18.4 Å². The van der Waals surface area contributed by atoms with Crippen molar-refractivity contribution in [3.05, 3.63) is 35.6 Å². The molecule has 0 spiro atoms. The third kappa shape index (κ3) is 12.5. The summed E-state index contributed by atoms with van der Waals surface area (Å²) >= 11 is 0. The number of esters is 1. The zero-order valence-corrected chi connectivity index (χ0v) is 23.4. The van der Waals surface area contributed by atoms with Gasteiger partial charge in [0.25, 0.3) is 0 Å². The third-order valence-electron chi connectivity index (χ3n) is 5.63. The van der Waals surface area contributed by atoms with Crippen LogP contribution in [0.3, 0.4) is 0 Å². The smallest absolute Gasteiger partial charge is 0.331 e. The van der Waals surface area contributed by atoms with E-state index < -0.39 is 35.1 Å². The minimum absolute atomic E-state index is 0.0770. The summed E-state index contributed by atoms with van der Waals surface area (Å²) in [4.78, 5) is 39.0. The van der Waals surface area contributed by atoms with Crippen LogP contribution in [0.1, 0.15) is 86.3 Å². The highest BCUT2D eigenvalue weighted by atomic mass is 19.1. The number of carbonyl (C=O) groups excluding carboxylic acids is 2. The van der Waals surface area contributed by atoms with Crippen molar-refractivity contribution in [1.29, 1.82) is 0 Å². The highest BCUT2D eigenvalue weighted by Crippen LogP contribution is 2.27. The molecule has 1 amide bonds.